The molecule has 0 bridgehead atoms. The maximum Gasteiger partial charge on any atom is 0.226 e. The van der Waals surface area contributed by atoms with Crippen molar-refractivity contribution in [1.29, 1.82) is 0 Å². The van der Waals surface area contributed by atoms with Crippen LogP contribution in [0, 0.1) is 5.82 Å². The molecule has 5 nitrogen and oxygen atoms in total. The van der Waals surface area contributed by atoms with Gasteiger partial charge in [-0.1, -0.05) is 11.6 Å². The highest BCUT2D eigenvalue weighted by molar-refractivity contribution is 9.10. The Morgan fingerprint density at radius 1 is 1.53 bits per heavy atom. The number of amides is 1. The fourth-order valence-corrected chi connectivity index (χ4v) is 2.33. The van der Waals surface area contributed by atoms with E-state index in [1.807, 2.05) is 0 Å². The standard InChI is InChI=1S/C11H9BrClFN4O/c12-8-3-7(14)4-9(13)11(8)17-10(19)1-2-18-6-15-5-16-18/h3-6H,1-2H2,(H,17,19). The Labute approximate surface area is 121 Å². The Bertz CT molecular complexity index is 567. The second kappa shape index (κ2) is 6.12. The summed E-state index contributed by atoms with van der Waals surface area (Å²) in [6.45, 7) is 0.405. The van der Waals surface area contributed by atoms with E-state index in [1.165, 1.54) is 18.7 Å². The van der Waals surface area contributed by atoms with Crippen LogP contribution in [-0.2, 0) is 11.3 Å². The highest BCUT2D eigenvalue weighted by Crippen LogP contribution is 2.31. The average Bonchev–Trinajstić information content (AvgIpc) is 2.84. The monoisotopic (exact) mass is 346 g/mol. The van der Waals surface area contributed by atoms with Crippen molar-refractivity contribution in [2.45, 2.75) is 13.0 Å². The minimum Gasteiger partial charge on any atom is -0.324 e. The zero-order valence-corrected chi connectivity index (χ0v) is 11.9. The molecule has 0 saturated carbocycles. The lowest BCUT2D eigenvalue weighted by Gasteiger charge is -2.09. The number of halogens is 3. The molecule has 0 aliphatic heterocycles. The quantitative estimate of drug-likeness (QED) is 0.925. The van der Waals surface area contributed by atoms with Gasteiger partial charge < -0.3 is 5.32 Å². The van der Waals surface area contributed by atoms with E-state index < -0.39 is 5.82 Å². The van der Waals surface area contributed by atoms with Gasteiger partial charge in [0, 0.05) is 10.9 Å². The molecule has 2 aromatic rings. The molecule has 1 aromatic carbocycles. The molecule has 2 rings (SSSR count). The third kappa shape index (κ3) is 3.74. The first kappa shape index (κ1) is 14.0. The van der Waals surface area contributed by atoms with Crippen molar-refractivity contribution in [3.63, 3.8) is 0 Å². The van der Waals surface area contributed by atoms with E-state index in [1.54, 1.807) is 4.68 Å². The van der Waals surface area contributed by atoms with E-state index in [4.69, 9.17) is 11.6 Å². The molecule has 8 heteroatoms. The molecule has 1 heterocycles. The Morgan fingerprint density at radius 2 is 2.32 bits per heavy atom. The molecule has 0 unspecified atom stereocenters. The summed E-state index contributed by atoms with van der Waals surface area (Å²) in [5.41, 5.74) is 0.353. The summed E-state index contributed by atoms with van der Waals surface area (Å²) in [6, 6.07) is 2.37. The van der Waals surface area contributed by atoms with E-state index >= 15 is 0 Å². The molecular weight excluding hydrogens is 339 g/mol. The first-order valence-corrected chi connectivity index (χ1v) is 6.50. The number of carbonyl (C=O) groups excluding carboxylic acids is 1. The number of nitrogens with zero attached hydrogens (tertiary/aromatic N) is 3. The molecule has 0 spiro atoms. The van der Waals surface area contributed by atoms with Crippen LogP contribution in [0.3, 0.4) is 0 Å². The summed E-state index contributed by atoms with van der Waals surface area (Å²) < 4.78 is 15.0. The van der Waals surface area contributed by atoms with Gasteiger partial charge in [-0.25, -0.2) is 9.37 Å². The van der Waals surface area contributed by atoms with Crippen LogP contribution in [0.15, 0.2) is 29.3 Å². The van der Waals surface area contributed by atoms with E-state index in [0.717, 1.165) is 6.07 Å². The number of hydrogen-bond donors (Lipinski definition) is 1. The third-order valence-corrected chi connectivity index (χ3v) is 3.23. The van der Waals surface area contributed by atoms with Gasteiger partial charge in [-0.2, -0.15) is 5.10 Å². The van der Waals surface area contributed by atoms with Crippen LogP contribution in [0.25, 0.3) is 0 Å². The number of carbonyl (C=O) groups is 1. The molecule has 0 atom stereocenters. The van der Waals surface area contributed by atoms with Gasteiger partial charge in [-0.3, -0.25) is 9.48 Å². The molecule has 19 heavy (non-hydrogen) atoms. The molecule has 0 saturated heterocycles. The van der Waals surface area contributed by atoms with Crippen LogP contribution in [0.1, 0.15) is 6.42 Å². The highest BCUT2D eigenvalue weighted by atomic mass is 79.9. The molecule has 1 aromatic heterocycles. The fourth-order valence-electron chi connectivity index (χ4n) is 1.43. The normalized spacial score (nSPS) is 10.5. The molecule has 1 N–H and O–H groups in total. The highest BCUT2D eigenvalue weighted by Gasteiger charge is 2.11. The van der Waals surface area contributed by atoms with Crippen LogP contribution >= 0.6 is 27.5 Å². The summed E-state index contributed by atoms with van der Waals surface area (Å²) >= 11 is 9.02. The number of hydrogen-bond acceptors (Lipinski definition) is 3. The first-order valence-electron chi connectivity index (χ1n) is 5.33. The minimum atomic E-state index is -0.475. The van der Waals surface area contributed by atoms with Crippen molar-refractivity contribution in [1.82, 2.24) is 14.8 Å². The summed E-state index contributed by atoms with van der Waals surface area (Å²) in [7, 11) is 0. The zero-order chi connectivity index (χ0) is 13.8. The van der Waals surface area contributed by atoms with Crippen LogP contribution < -0.4 is 5.32 Å². The second-order valence-electron chi connectivity index (χ2n) is 3.70. The number of nitrogens with one attached hydrogen (secondary N) is 1. The summed E-state index contributed by atoms with van der Waals surface area (Å²) in [5.74, 6) is -0.720. The van der Waals surface area contributed by atoms with Gasteiger partial charge in [0.05, 0.1) is 17.3 Å². The van der Waals surface area contributed by atoms with Crippen molar-refractivity contribution >= 4 is 39.1 Å². The first-order chi connectivity index (χ1) is 9.06. The Balaban J connectivity index is 1.99. The molecular formula is C11H9BrClFN4O. The van der Waals surface area contributed by atoms with Crippen molar-refractivity contribution in [2.75, 3.05) is 5.32 Å². The zero-order valence-electron chi connectivity index (χ0n) is 9.61. The van der Waals surface area contributed by atoms with Crippen molar-refractivity contribution in [2.24, 2.45) is 0 Å². The maximum absolute atomic E-state index is 13.0. The predicted molar refractivity (Wildman–Crippen MR) is 72.4 cm³/mol. The number of anilines is 1. The number of benzene rings is 1. The van der Waals surface area contributed by atoms with E-state index in [0.29, 0.717) is 16.7 Å². The second-order valence-corrected chi connectivity index (χ2v) is 4.96. The maximum atomic E-state index is 13.0. The van der Waals surface area contributed by atoms with Crippen molar-refractivity contribution in [3.05, 3.63) is 40.1 Å². The fraction of sp³-hybridized carbons (Fsp3) is 0.182. The lowest BCUT2D eigenvalue weighted by Crippen LogP contribution is -2.15. The summed E-state index contributed by atoms with van der Waals surface area (Å²) in [4.78, 5) is 15.5. The predicted octanol–water partition coefficient (Wildman–Crippen LogP) is 2.86. The average molecular weight is 348 g/mol. The largest absolute Gasteiger partial charge is 0.324 e. The van der Waals surface area contributed by atoms with Crippen LogP contribution in [0.2, 0.25) is 5.02 Å². The van der Waals surface area contributed by atoms with Gasteiger partial charge >= 0.3 is 0 Å². The van der Waals surface area contributed by atoms with Crippen molar-refractivity contribution < 1.29 is 9.18 Å². The molecule has 1 amide bonds. The summed E-state index contributed by atoms with van der Waals surface area (Å²) in [5, 5.41) is 6.64. The third-order valence-electron chi connectivity index (χ3n) is 2.31. The summed E-state index contributed by atoms with van der Waals surface area (Å²) in [6.07, 6.45) is 3.13. The van der Waals surface area contributed by atoms with Gasteiger partial charge in [0.1, 0.15) is 18.5 Å². The number of aromatic nitrogens is 3. The lowest BCUT2D eigenvalue weighted by molar-refractivity contribution is -0.116. The Morgan fingerprint density at radius 3 is 2.95 bits per heavy atom. The number of aryl methyl sites for hydroxylation is 1. The van der Waals surface area contributed by atoms with E-state index in [-0.39, 0.29) is 17.4 Å². The van der Waals surface area contributed by atoms with Gasteiger partial charge in [0.15, 0.2) is 0 Å². The molecule has 0 radical (unpaired) electrons. The van der Waals surface area contributed by atoms with Crippen LogP contribution in [0.4, 0.5) is 10.1 Å². The molecule has 100 valence electrons. The van der Waals surface area contributed by atoms with E-state index in [2.05, 4.69) is 31.3 Å². The molecule has 0 aliphatic rings. The Hall–Kier alpha value is -1.47. The smallest absolute Gasteiger partial charge is 0.226 e. The van der Waals surface area contributed by atoms with Gasteiger partial charge in [-0.05, 0) is 28.1 Å². The minimum absolute atomic E-state index is 0.140. The van der Waals surface area contributed by atoms with Gasteiger partial charge in [0.25, 0.3) is 0 Å². The molecule has 0 aliphatic carbocycles. The van der Waals surface area contributed by atoms with Crippen molar-refractivity contribution in [3.8, 4) is 0 Å². The topological polar surface area (TPSA) is 59.8 Å². The molecule has 0 fully saturated rings. The van der Waals surface area contributed by atoms with Crippen LogP contribution in [0.5, 0.6) is 0 Å². The van der Waals surface area contributed by atoms with E-state index in [9.17, 15) is 9.18 Å². The van der Waals surface area contributed by atoms with Gasteiger partial charge in [0.2, 0.25) is 5.91 Å². The SMILES string of the molecule is O=C(CCn1cncn1)Nc1c(Cl)cc(F)cc1Br. The van der Waals surface area contributed by atoms with Gasteiger partial charge in [-0.15, -0.1) is 0 Å². The lowest BCUT2D eigenvalue weighted by atomic mass is 10.3. The van der Waals surface area contributed by atoms with Crippen LogP contribution in [-0.4, -0.2) is 20.7 Å². The number of rotatable bonds is 4. The Kier molecular flexibility index (Phi) is 4.49.